The lowest BCUT2D eigenvalue weighted by Crippen LogP contribution is -2.14. The normalized spacial score (nSPS) is 10.2. The number of amides is 1. The average Bonchev–Trinajstić information content (AvgIpc) is 2.53. The molecule has 0 spiro atoms. The second-order valence-electron chi connectivity index (χ2n) is 5.18. The molecule has 0 saturated carbocycles. The van der Waals surface area contributed by atoms with Crippen LogP contribution in [0.4, 0.5) is 5.69 Å². The first-order valence-electron chi connectivity index (χ1n) is 7.23. The van der Waals surface area contributed by atoms with E-state index in [4.69, 9.17) is 16.3 Å². The maximum absolute atomic E-state index is 12.0. The predicted molar refractivity (Wildman–Crippen MR) is 91.4 cm³/mol. The van der Waals surface area contributed by atoms with Crippen LogP contribution in [0.15, 0.2) is 42.5 Å². The number of hydrogen-bond acceptors (Lipinski definition) is 3. The number of carbonyl (C=O) groups is 2. The van der Waals surface area contributed by atoms with Crippen LogP contribution in [0.1, 0.15) is 28.8 Å². The van der Waals surface area contributed by atoms with Crippen LogP contribution in [0.25, 0.3) is 0 Å². The molecule has 0 saturated heterocycles. The van der Waals surface area contributed by atoms with Crippen LogP contribution in [0, 0.1) is 6.92 Å². The van der Waals surface area contributed by atoms with Crippen molar-refractivity contribution in [3.63, 3.8) is 0 Å². The molecule has 2 rings (SSSR count). The largest absolute Gasteiger partial charge is 0.495 e. The topological polar surface area (TPSA) is 55.4 Å². The highest BCUT2D eigenvalue weighted by atomic mass is 35.5. The van der Waals surface area contributed by atoms with Gasteiger partial charge in [-0.15, -0.1) is 0 Å². The third-order valence-electron chi connectivity index (χ3n) is 3.37. The standard InChI is InChI=1S/C18H18ClNO3/c1-12-3-9-17(23-2)15(11-12)20-18(22)10-8-16(21)13-4-6-14(19)7-5-13/h3-7,9,11H,8,10H2,1-2H3,(H,20,22). The van der Waals surface area contributed by atoms with Crippen LogP contribution < -0.4 is 10.1 Å². The molecule has 0 unspecified atom stereocenters. The van der Waals surface area contributed by atoms with E-state index in [9.17, 15) is 9.59 Å². The van der Waals surface area contributed by atoms with Crippen LogP contribution in [0.2, 0.25) is 5.02 Å². The van der Waals surface area contributed by atoms with Gasteiger partial charge in [-0.25, -0.2) is 0 Å². The summed E-state index contributed by atoms with van der Waals surface area (Å²) in [5.41, 5.74) is 2.17. The summed E-state index contributed by atoms with van der Waals surface area (Å²) in [4.78, 5) is 24.1. The van der Waals surface area contributed by atoms with Crippen molar-refractivity contribution in [3.05, 3.63) is 58.6 Å². The van der Waals surface area contributed by atoms with Crippen LogP contribution in [-0.2, 0) is 4.79 Å². The Labute approximate surface area is 140 Å². The minimum absolute atomic E-state index is 0.0898. The van der Waals surface area contributed by atoms with Crippen molar-refractivity contribution in [2.45, 2.75) is 19.8 Å². The Hall–Kier alpha value is -2.33. The van der Waals surface area contributed by atoms with Gasteiger partial charge in [-0.1, -0.05) is 17.7 Å². The quantitative estimate of drug-likeness (QED) is 0.805. The monoisotopic (exact) mass is 331 g/mol. The summed E-state index contributed by atoms with van der Waals surface area (Å²) in [5, 5.41) is 3.36. The Kier molecular flexibility index (Phi) is 5.77. The second-order valence-corrected chi connectivity index (χ2v) is 5.62. The number of ketones is 1. The molecule has 120 valence electrons. The third kappa shape index (κ3) is 4.83. The van der Waals surface area contributed by atoms with Gasteiger partial charge in [0.25, 0.3) is 0 Å². The number of anilines is 1. The molecule has 4 nitrogen and oxygen atoms in total. The Bertz CT molecular complexity index is 711. The summed E-state index contributed by atoms with van der Waals surface area (Å²) in [6, 6.07) is 12.2. The van der Waals surface area contributed by atoms with E-state index in [1.807, 2.05) is 19.1 Å². The van der Waals surface area contributed by atoms with E-state index in [2.05, 4.69) is 5.32 Å². The molecule has 0 bridgehead atoms. The molecule has 23 heavy (non-hydrogen) atoms. The number of aryl methyl sites for hydroxylation is 1. The summed E-state index contributed by atoms with van der Waals surface area (Å²) in [6.07, 6.45) is 0.250. The lowest BCUT2D eigenvalue weighted by atomic mass is 10.1. The minimum atomic E-state index is -0.226. The molecule has 2 aromatic carbocycles. The van der Waals surface area contributed by atoms with Gasteiger partial charge in [0.2, 0.25) is 5.91 Å². The summed E-state index contributed by atoms with van der Waals surface area (Å²) in [7, 11) is 1.55. The van der Waals surface area contributed by atoms with E-state index in [0.717, 1.165) is 5.56 Å². The molecule has 0 heterocycles. The fourth-order valence-corrected chi connectivity index (χ4v) is 2.27. The molecular formula is C18H18ClNO3. The number of rotatable bonds is 6. The number of Topliss-reactive ketones (excluding diaryl/α,β-unsaturated/α-hetero) is 1. The summed E-state index contributed by atoms with van der Waals surface area (Å²) >= 11 is 5.79. The Morgan fingerprint density at radius 3 is 2.43 bits per heavy atom. The van der Waals surface area contributed by atoms with E-state index < -0.39 is 0 Å². The number of hydrogen-bond donors (Lipinski definition) is 1. The molecule has 0 aromatic heterocycles. The van der Waals surface area contributed by atoms with Gasteiger partial charge in [-0.2, -0.15) is 0 Å². The van der Waals surface area contributed by atoms with Crippen molar-refractivity contribution in [2.75, 3.05) is 12.4 Å². The molecule has 1 N–H and O–H groups in total. The first-order valence-corrected chi connectivity index (χ1v) is 7.60. The molecule has 5 heteroatoms. The van der Waals surface area contributed by atoms with Gasteiger partial charge in [-0.05, 0) is 48.9 Å². The number of nitrogens with one attached hydrogen (secondary N) is 1. The molecule has 0 fully saturated rings. The van der Waals surface area contributed by atoms with Gasteiger partial charge < -0.3 is 10.1 Å². The smallest absolute Gasteiger partial charge is 0.224 e. The van der Waals surface area contributed by atoms with Crippen LogP contribution in [-0.4, -0.2) is 18.8 Å². The lowest BCUT2D eigenvalue weighted by molar-refractivity contribution is -0.116. The lowest BCUT2D eigenvalue weighted by Gasteiger charge is -2.11. The highest BCUT2D eigenvalue weighted by Crippen LogP contribution is 2.25. The van der Waals surface area contributed by atoms with Crippen LogP contribution >= 0.6 is 11.6 Å². The molecule has 0 aliphatic carbocycles. The van der Waals surface area contributed by atoms with E-state index in [1.165, 1.54) is 0 Å². The number of ether oxygens (including phenoxy) is 1. The number of carbonyl (C=O) groups excluding carboxylic acids is 2. The number of halogens is 1. The molecular weight excluding hydrogens is 314 g/mol. The first kappa shape index (κ1) is 17.0. The molecule has 2 aromatic rings. The van der Waals surface area contributed by atoms with Gasteiger partial charge in [0.15, 0.2) is 5.78 Å². The maximum Gasteiger partial charge on any atom is 0.224 e. The number of benzene rings is 2. The third-order valence-corrected chi connectivity index (χ3v) is 3.63. The summed E-state index contributed by atoms with van der Waals surface area (Å²) < 4.78 is 5.21. The Morgan fingerprint density at radius 1 is 1.09 bits per heavy atom. The van der Waals surface area contributed by atoms with Gasteiger partial charge >= 0.3 is 0 Å². The number of methoxy groups -OCH3 is 1. The minimum Gasteiger partial charge on any atom is -0.495 e. The van der Waals surface area contributed by atoms with Crippen molar-refractivity contribution in [3.8, 4) is 5.75 Å². The molecule has 0 aliphatic heterocycles. The van der Waals surface area contributed by atoms with Crippen molar-refractivity contribution in [2.24, 2.45) is 0 Å². The summed E-state index contributed by atoms with van der Waals surface area (Å²) in [5.74, 6) is 0.275. The van der Waals surface area contributed by atoms with Gasteiger partial charge in [0, 0.05) is 23.4 Å². The highest BCUT2D eigenvalue weighted by Gasteiger charge is 2.11. The second kappa shape index (κ2) is 7.79. The van der Waals surface area contributed by atoms with Gasteiger partial charge in [0.05, 0.1) is 12.8 Å². The zero-order valence-corrected chi connectivity index (χ0v) is 13.8. The predicted octanol–water partition coefficient (Wildman–Crippen LogP) is 4.26. The van der Waals surface area contributed by atoms with Crippen molar-refractivity contribution >= 4 is 29.0 Å². The molecule has 1 amide bonds. The molecule has 0 aliphatic rings. The van der Waals surface area contributed by atoms with Crippen molar-refractivity contribution in [1.82, 2.24) is 0 Å². The van der Waals surface area contributed by atoms with E-state index in [0.29, 0.717) is 22.0 Å². The molecule has 0 radical (unpaired) electrons. The van der Waals surface area contributed by atoms with E-state index in [1.54, 1.807) is 37.4 Å². The Balaban J connectivity index is 1.94. The van der Waals surface area contributed by atoms with Crippen molar-refractivity contribution in [1.29, 1.82) is 0 Å². The first-order chi connectivity index (χ1) is 11.0. The zero-order chi connectivity index (χ0) is 16.8. The average molecular weight is 332 g/mol. The SMILES string of the molecule is COc1ccc(C)cc1NC(=O)CCC(=O)c1ccc(Cl)cc1. The fraction of sp³-hybridized carbons (Fsp3) is 0.222. The van der Waals surface area contributed by atoms with Gasteiger partial charge in [0.1, 0.15) is 5.75 Å². The van der Waals surface area contributed by atoms with E-state index in [-0.39, 0.29) is 24.5 Å². The highest BCUT2D eigenvalue weighted by molar-refractivity contribution is 6.30. The maximum atomic E-state index is 12.0. The van der Waals surface area contributed by atoms with Crippen LogP contribution in [0.3, 0.4) is 0 Å². The zero-order valence-electron chi connectivity index (χ0n) is 13.1. The Morgan fingerprint density at radius 2 is 1.78 bits per heavy atom. The van der Waals surface area contributed by atoms with E-state index >= 15 is 0 Å². The summed E-state index contributed by atoms with van der Waals surface area (Å²) in [6.45, 7) is 1.93. The van der Waals surface area contributed by atoms with Crippen molar-refractivity contribution < 1.29 is 14.3 Å². The van der Waals surface area contributed by atoms with Gasteiger partial charge in [-0.3, -0.25) is 9.59 Å². The fourth-order valence-electron chi connectivity index (χ4n) is 2.14. The molecule has 0 atom stereocenters. The van der Waals surface area contributed by atoms with Crippen LogP contribution in [0.5, 0.6) is 5.75 Å².